The fourth-order valence-corrected chi connectivity index (χ4v) is 2.89. The van der Waals surface area contributed by atoms with Crippen LogP contribution in [0.2, 0.25) is 0 Å². The molecule has 0 aliphatic carbocycles. The summed E-state index contributed by atoms with van der Waals surface area (Å²) in [5, 5.41) is 2.78. The van der Waals surface area contributed by atoms with E-state index in [-0.39, 0.29) is 18.4 Å². The molecule has 0 spiro atoms. The second kappa shape index (κ2) is 8.25. The summed E-state index contributed by atoms with van der Waals surface area (Å²) in [4.78, 5) is 29.5. The van der Waals surface area contributed by atoms with Gasteiger partial charge in [0, 0.05) is 18.0 Å². The number of carbonyl (C=O) groups is 2. The second-order valence-electron chi connectivity index (χ2n) is 7.37. The van der Waals surface area contributed by atoms with Crippen LogP contribution in [-0.2, 0) is 16.1 Å². The van der Waals surface area contributed by atoms with Crippen LogP contribution in [0.4, 0.5) is 0 Å². The van der Waals surface area contributed by atoms with Crippen LogP contribution in [-0.4, -0.2) is 27.3 Å². The monoisotopic (exact) mass is 379 g/mol. The molecule has 0 bridgehead atoms. The molecule has 1 atom stereocenters. The van der Waals surface area contributed by atoms with Crippen molar-refractivity contribution in [2.45, 2.75) is 40.3 Å². The average Bonchev–Trinajstić information content (AvgIpc) is 3.06. The molecule has 1 aromatic carbocycles. The third-order valence-corrected chi connectivity index (χ3v) is 4.53. The minimum Gasteiger partial charge on any atom is -0.458 e. The van der Waals surface area contributed by atoms with Crippen molar-refractivity contribution in [3.05, 3.63) is 71.2 Å². The van der Waals surface area contributed by atoms with E-state index in [0.29, 0.717) is 11.3 Å². The number of amides is 1. The van der Waals surface area contributed by atoms with Crippen molar-refractivity contribution in [3.63, 3.8) is 0 Å². The average molecular weight is 379 g/mol. The highest BCUT2D eigenvalue weighted by Gasteiger charge is 2.26. The third kappa shape index (κ3) is 4.57. The van der Waals surface area contributed by atoms with E-state index in [0.717, 1.165) is 16.8 Å². The van der Waals surface area contributed by atoms with Gasteiger partial charge in [-0.3, -0.25) is 4.79 Å². The Labute approximate surface area is 164 Å². The lowest BCUT2D eigenvalue weighted by Crippen LogP contribution is -2.45. The van der Waals surface area contributed by atoms with E-state index in [2.05, 4.69) is 10.3 Å². The molecular weight excluding hydrogens is 354 g/mol. The van der Waals surface area contributed by atoms with Crippen LogP contribution >= 0.6 is 0 Å². The Morgan fingerprint density at radius 2 is 1.71 bits per heavy atom. The van der Waals surface area contributed by atoms with Gasteiger partial charge in [0.2, 0.25) is 0 Å². The standard InChI is InChI=1S/C22H25N3O3/c1-14(2)20(24-21(26)17-8-5-15(3)6-9-17)22(27)28-13-18-12-25-11-16(4)7-10-19(25)23-18/h5-12,14,20H,13H2,1-4H3,(H,24,26)/t20-/m0/s1. The molecule has 1 N–H and O–H groups in total. The summed E-state index contributed by atoms with van der Waals surface area (Å²) in [6.45, 7) is 7.76. The number of benzene rings is 1. The number of hydrogen-bond acceptors (Lipinski definition) is 4. The number of hydrogen-bond donors (Lipinski definition) is 1. The zero-order chi connectivity index (χ0) is 20.3. The van der Waals surface area contributed by atoms with Gasteiger partial charge in [-0.1, -0.05) is 37.6 Å². The Morgan fingerprint density at radius 3 is 2.39 bits per heavy atom. The van der Waals surface area contributed by atoms with E-state index in [1.54, 1.807) is 12.1 Å². The van der Waals surface area contributed by atoms with Crippen LogP contribution in [0.3, 0.4) is 0 Å². The van der Waals surface area contributed by atoms with Gasteiger partial charge in [-0.15, -0.1) is 0 Å². The van der Waals surface area contributed by atoms with E-state index in [1.807, 2.05) is 68.8 Å². The highest BCUT2D eigenvalue weighted by atomic mass is 16.5. The van der Waals surface area contributed by atoms with E-state index >= 15 is 0 Å². The van der Waals surface area contributed by atoms with Gasteiger partial charge >= 0.3 is 5.97 Å². The Bertz CT molecular complexity index is 990. The molecule has 0 aliphatic rings. The van der Waals surface area contributed by atoms with Gasteiger partial charge < -0.3 is 14.5 Å². The Kier molecular flexibility index (Phi) is 5.78. The second-order valence-corrected chi connectivity index (χ2v) is 7.37. The van der Waals surface area contributed by atoms with Crippen molar-refractivity contribution in [1.82, 2.24) is 14.7 Å². The first-order valence-electron chi connectivity index (χ1n) is 9.32. The van der Waals surface area contributed by atoms with Crippen LogP contribution in [0.1, 0.15) is 41.0 Å². The Balaban J connectivity index is 1.65. The van der Waals surface area contributed by atoms with Crippen molar-refractivity contribution in [1.29, 1.82) is 0 Å². The lowest BCUT2D eigenvalue weighted by atomic mass is 10.0. The molecule has 3 aromatic rings. The molecule has 28 heavy (non-hydrogen) atoms. The number of esters is 1. The molecule has 2 heterocycles. The van der Waals surface area contributed by atoms with Gasteiger partial charge in [0.05, 0.1) is 5.69 Å². The number of aryl methyl sites for hydroxylation is 2. The fourth-order valence-electron chi connectivity index (χ4n) is 2.89. The van der Waals surface area contributed by atoms with Gasteiger partial charge in [-0.2, -0.15) is 0 Å². The van der Waals surface area contributed by atoms with Crippen LogP contribution in [0, 0.1) is 19.8 Å². The van der Waals surface area contributed by atoms with E-state index in [9.17, 15) is 9.59 Å². The summed E-state index contributed by atoms with van der Waals surface area (Å²) in [5.41, 5.74) is 4.15. The summed E-state index contributed by atoms with van der Waals surface area (Å²) in [6, 6.07) is 10.4. The first kappa shape index (κ1) is 19.6. The minimum atomic E-state index is -0.729. The number of imidazole rings is 1. The van der Waals surface area contributed by atoms with E-state index in [1.165, 1.54) is 0 Å². The van der Waals surface area contributed by atoms with Crippen LogP contribution in [0.15, 0.2) is 48.8 Å². The highest BCUT2D eigenvalue weighted by Crippen LogP contribution is 2.11. The smallest absolute Gasteiger partial charge is 0.329 e. The number of fused-ring (bicyclic) bond motifs is 1. The normalized spacial score (nSPS) is 12.2. The lowest BCUT2D eigenvalue weighted by molar-refractivity contribution is -0.148. The number of pyridine rings is 1. The zero-order valence-corrected chi connectivity index (χ0v) is 16.6. The molecule has 0 aliphatic heterocycles. The van der Waals surface area contributed by atoms with Crippen molar-refractivity contribution < 1.29 is 14.3 Å². The molecule has 6 heteroatoms. The summed E-state index contributed by atoms with van der Waals surface area (Å²) in [6.07, 6.45) is 3.80. The molecule has 0 saturated heterocycles. The zero-order valence-electron chi connectivity index (χ0n) is 16.6. The molecule has 146 valence electrons. The number of carbonyl (C=O) groups excluding carboxylic acids is 2. The Hall–Kier alpha value is -3.15. The number of aromatic nitrogens is 2. The molecule has 0 saturated carbocycles. The molecule has 1 amide bonds. The Morgan fingerprint density at radius 1 is 1.04 bits per heavy atom. The van der Waals surface area contributed by atoms with Crippen molar-refractivity contribution in [2.24, 2.45) is 5.92 Å². The molecule has 3 rings (SSSR count). The van der Waals surface area contributed by atoms with Gasteiger partial charge in [-0.05, 0) is 43.5 Å². The van der Waals surface area contributed by atoms with Crippen LogP contribution < -0.4 is 5.32 Å². The SMILES string of the molecule is Cc1ccc(C(=O)N[C@H](C(=O)OCc2cn3cc(C)ccc3n2)C(C)C)cc1. The maximum absolute atomic E-state index is 12.6. The largest absolute Gasteiger partial charge is 0.458 e. The van der Waals surface area contributed by atoms with E-state index in [4.69, 9.17) is 4.74 Å². The van der Waals surface area contributed by atoms with Gasteiger partial charge in [0.15, 0.2) is 0 Å². The van der Waals surface area contributed by atoms with Gasteiger partial charge in [0.25, 0.3) is 5.91 Å². The fraction of sp³-hybridized carbons (Fsp3) is 0.318. The van der Waals surface area contributed by atoms with Crippen molar-refractivity contribution >= 4 is 17.5 Å². The predicted octanol–water partition coefficient (Wildman–Crippen LogP) is 3.45. The molecule has 0 unspecified atom stereocenters. The highest BCUT2D eigenvalue weighted by molar-refractivity contribution is 5.96. The molecule has 2 aromatic heterocycles. The van der Waals surface area contributed by atoms with Crippen LogP contribution in [0.25, 0.3) is 5.65 Å². The summed E-state index contributed by atoms with van der Waals surface area (Å²) >= 11 is 0. The first-order chi connectivity index (χ1) is 13.3. The number of nitrogens with zero attached hydrogens (tertiary/aromatic N) is 2. The molecule has 6 nitrogen and oxygen atoms in total. The summed E-state index contributed by atoms with van der Waals surface area (Å²) < 4.78 is 7.34. The maximum Gasteiger partial charge on any atom is 0.329 e. The third-order valence-electron chi connectivity index (χ3n) is 4.53. The number of ether oxygens (including phenoxy) is 1. The summed E-state index contributed by atoms with van der Waals surface area (Å²) in [5.74, 6) is -0.867. The minimum absolute atomic E-state index is 0.0587. The predicted molar refractivity (Wildman–Crippen MR) is 107 cm³/mol. The van der Waals surface area contributed by atoms with Crippen LogP contribution in [0.5, 0.6) is 0 Å². The molecular formula is C22H25N3O3. The van der Waals surface area contributed by atoms with Gasteiger partial charge in [-0.25, -0.2) is 9.78 Å². The molecule has 0 fully saturated rings. The van der Waals surface area contributed by atoms with Gasteiger partial charge in [0.1, 0.15) is 18.3 Å². The molecule has 0 radical (unpaired) electrons. The maximum atomic E-state index is 12.6. The van der Waals surface area contributed by atoms with Crippen molar-refractivity contribution in [3.8, 4) is 0 Å². The van der Waals surface area contributed by atoms with E-state index < -0.39 is 12.0 Å². The quantitative estimate of drug-likeness (QED) is 0.666. The summed E-state index contributed by atoms with van der Waals surface area (Å²) in [7, 11) is 0. The number of nitrogens with one attached hydrogen (secondary N) is 1. The lowest BCUT2D eigenvalue weighted by Gasteiger charge is -2.20. The first-order valence-corrected chi connectivity index (χ1v) is 9.32. The topological polar surface area (TPSA) is 72.7 Å². The number of rotatable bonds is 6. The van der Waals surface area contributed by atoms with Crippen molar-refractivity contribution in [2.75, 3.05) is 0 Å².